The first-order valence-electron chi connectivity index (χ1n) is 7.96. The third-order valence-electron chi connectivity index (χ3n) is 4.47. The number of nitrogens with zero attached hydrogens (tertiary/aromatic N) is 2. The Hall–Kier alpha value is -1.61. The van der Waals surface area contributed by atoms with E-state index in [4.69, 9.17) is 5.10 Å². The fourth-order valence-electron chi connectivity index (χ4n) is 2.82. The van der Waals surface area contributed by atoms with Gasteiger partial charge in [0.1, 0.15) is 0 Å². The summed E-state index contributed by atoms with van der Waals surface area (Å²) in [4.78, 5) is 0. The molecule has 0 bridgehead atoms. The minimum Gasteiger partial charge on any atom is -0.313 e. The lowest BCUT2D eigenvalue weighted by molar-refractivity contribution is 0.384. The Morgan fingerprint density at radius 1 is 1.43 bits per heavy atom. The van der Waals surface area contributed by atoms with Crippen LogP contribution in [-0.2, 0) is 13.0 Å². The number of aryl methyl sites for hydroxylation is 1. The monoisotopic (exact) mass is 283 g/mol. The molecule has 1 aliphatic carbocycles. The molecule has 1 heterocycles. The zero-order valence-corrected chi connectivity index (χ0v) is 13.1. The molecule has 0 amide bonds. The van der Waals surface area contributed by atoms with E-state index in [1.54, 1.807) is 0 Å². The molecular formula is C18H25N3. The van der Waals surface area contributed by atoms with Gasteiger partial charge in [0.15, 0.2) is 0 Å². The molecule has 1 unspecified atom stereocenters. The van der Waals surface area contributed by atoms with Crippen LogP contribution in [0.2, 0.25) is 0 Å². The van der Waals surface area contributed by atoms with Crippen molar-refractivity contribution in [2.24, 2.45) is 5.41 Å². The second-order valence-corrected chi connectivity index (χ2v) is 6.47. The molecule has 1 saturated carbocycles. The van der Waals surface area contributed by atoms with Crippen LogP contribution in [0.15, 0.2) is 36.9 Å². The molecule has 0 radical (unpaired) electrons. The Bertz CT molecular complexity index is 639. The van der Waals surface area contributed by atoms with Gasteiger partial charge in [-0.1, -0.05) is 31.2 Å². The highest BCUT2D eigenvalue weighted by Crippen LogP contribution is 2.29. The normalized spacial score (nSPS) is 17.8. The molecule has 1 N–H and O–H groups in total. The van der Waals surface area contributed by atoms with Gasteiger partial charge in [0.2, 0.25) is 0 Å². The number of fused-ring (bicyclic) bond motifs is 1. The van der Waals surface area contributed by atoms with Gasteiger partial charge in [-0.3, -0.25) is 4.68 Å². The number of hydrogen-bond acceptors (Lipinski definition) is 2. The zero-order chi connectivity index (χ0) is 14.9. The molecule has 0 spiro atoms. The smallest absolute Gasteiger partial charge is 0.0712 e. The Labute approximate surface area is 127 Å². The quantitative estimate of drug-likeness (QED) is 0.788. The van der Waals surface area contributed by atoms with E-state index in [-0.39, 0.29) is 5.41 Å². The number of aromatic nitrogens is 2. The first-order valence-corrected chi connectivity index (χ1v) is 7.96. The minimum absolute atomic E-state index is 0.0539. The molecule has 1 fully saturated rings. The summed E-state index contributed by atoms with van der Waals surface area (Å²) in [5.74, 6) is 0. The predicted molar refractivity (Wildman–Crippen MR) is 88.4 cm³/mol. The summed E-state index contributed by atoms with van der Waals surface area (Å²) < 4.78 is 2.10. The molecule has 0 aliphatic heterocycles. The summed E-state index contributed by atoms with van der Waals surface area (Å²) in [5.41, 5.74) is 2.47. The van der Waals surface area contributed by atoms with Gasteiger partial charge >= 0.3 is 0 Å². The van der Waals surface area contributed by atoms with Crippen LogP contribution in [0.4, 0.5) is 0 Å². The molecule has 1 aliphatic rings. The third-order valence-corrected chi connectivity index (χ3v) is 4.47. The van der Waals surface area contributed by atoms with Gasteiger partial charge in [-0.2, -0.15) is 5.10 Å². The van der Waals surface area contributed by atoms with Crippen LogP contribution in [0.3, 0.4) is 0 Å². The fourth-order valence-corrected chi connectivity index (χ4v) is 2.82. The van der Waals surface area contributed by atoms with E-state index in [9.17, 15) is 0 Å². The van der Waals surface area contributed by atoms with E-state index < -0.39 is 0 Å². The topological polar surface area (TPSA) is 29.9 Å². The lowest BCUT2D eigenvalue weighted by Crippen LogP contribution is -2.33. The molecule has 2 aromatic rings. The number of para-hydroxylation sites is 1. The number of rotatable bonds is 7. The van der Waals surface area contributed by atoms with Gasteiger partial charge in [-0.15, -0.1) is 6.58 Å². The Balaban J connectivity index is 1.86. The van der Waals surface area contributed by atoms with Crippen LogP contribution in [0.25, 0.3) is 10.9 Å². The molecule has 0 saturated heterocycles. The van der Waals surface area contributed by atoms with Crippen molar-refractivity contribution in [3.8, 4) is 0 Å². The van der Waals surface area contributed by atoms with Crippen LogP contribution < -0.4 is 5.32 Å². The van der Waals surface area contributed by atoms with E-state index in [1.165, 1.54) is 29.4 Å². The predicted octanol–water partition coefficient (Wildman–Crippen LogP) is 3.54. The molecule has 1 aromatic heterocycles. The highest BCUT2D eigenvalue weighted by Gasteiger charge is 2.28. The van der Waals surface area contributed by atoms with Crippen LogP contribution in [0, 0.1) is 5.41 Å². The van der Waals surface area contributed by atoms with E-state index in [0.29, 0.717) is 0 Å². The van der Waals surface area contributed by atoms with Crippen LogP contribution in [0.5, 0.6) is 0 Å². The molecule has 112 valence electrons. The number of hydrogen-bond donors (Lipinski definition) is 1. The van der Waals surface area contributed by atoms with Crippen molar-refractivity contribution in [1.29, 1.82) is 0 Å². The van der Waals surface area contributed by atoms with Gasteiger partial charge in [-0.25, -0.2) is 0 Å². The average molecular weight is 283 g/mol. The second kappa shape index (κ2) is 5.64. The lowest BCUT2D eigenvalue weighted by atomic mass is 9.84. The molecule has 3 heteroatoms. The van der Waals surface area contributed by atoms with Crippen LogP contribution >= 0.6 is 0 Å². The maximum Gasteiger partial charge on any atom is 0.0712 e. The summed E-state index contributed by atoms with van der Waals surface area (Å²) in [5, 5.41) is 9.73. The average Bonchev–Trinajstić information content (AvgIpc) is 3.28. The van der Waals surface area contributed by atoms with Crippen molar-refractivity contribution in [1.82, 2.24) is 15.1 Å². The number of benzene rings is 1. The van der Waals surface area contributed by atoms with Gasteiger partial charge in [0, 0.05) is 36.4 Å². The number of nitrogens with one attached hydrogen (secondary N) is 1. The summed E-state index contributed by atoms with van der Waals surface area (Å²) in [6, 6.07) is 9.25. The highest BCUT2D eigenvalue weighted by molar-refractivity contribution is 5.82. The zero-order valence-electron chi connectivity index (χ0n) is 13.1. The van der Waals surface area contributed by atoms with Crippen LogP contribution in [-0.4, -0.2) is 22.4 Å². The Morgan fingerprint density at radius 3 is 2.86 bits per heavy atom. The lowest BCUT2D eigenvalue weighted by Gasteiger charge is -2.25. The minimum atomic E-state index is 0.0539. The van der Waals surface area contributed by atoms with Crippen LogP contribution in [0.1, 0.15) is 32.4 Å². The molecule has 1 aromatic carbocycles. The molecular weight excluding hydrogens is 258 g/mol. The van der Waals surface area contributed by atoms with Crippen molar-refractivity contribution in [2.45, 2.75) is 45.7 Å². The molecule has 21 heavy (non-hydrogen) atoms. The largest absolute Gasteiger partial charge is 0.313 e. The van der Waals surface area contributed by atoms with E-state index in [0.717, 1.165) is 25.6 Å². The van der Waals surface area contributed by atoms with Crippen molar-refractivity contribution >= 4 is 10.9 Å². The summed E-state index contributed by atoms with van der Waals surface area (Å²) in [6.07, 6.45) is 5.66. The molecule has 3 rings (SSSR count). The maximum atomic E-state index is 4.82. The van der Waals surface area contributed by atoms with Gasteiger partial charge in [-0.05, 0) is 25.8 Å². The molecule has 1 atom stereocenters. The van der Waals surface area contributed by atoms with Gasteiger partial charge in [0.05, 0.1) is 11.2 Å². The van der Waals surface area contributed by atoms with Crippen molar-refractivity contribution in [3.63, 3.8) is 0 Å². The SMILES string of the molecule is C=CC(C)(CNC1CC1)Cc1nn(CC)c2ccccc12. The van der Waals surface area contributed by atoms with Crippen molar-refractivity contribution < 1.29 is 0 Å². The highest BCUT2D eigenvalue weighted by atomic mass is 15.3. The summed E-state index contributed by atoms with van der Waals surface area (Å²) in [6.45, 7) is 10.4. The second-order valence-electron chi connectivity index (χ2n) is 6.47. The van der Waals surface area contributed by atoms with E-state index in [2.05, 4.69) is 60.8 Å². The Kier molecular flexibility index (Phi) is 3.85. The molecule has 3 nitrogen and oxygen atoms in total. The van der Waals surface area contributed by atoms with Gasteiger partial charge < -0.3 is 5.32 Å². The first-order chi connectivity index (χ1) is 10.1. The summed E-state index contributed by atoms with van der Waals surface area (Å²) in [7, 11) is 0. The standard InChI is InChI=1S/C18H25N3/c1-4-18(3,13-19-14-10-11-14)12-16-15-8-6-7-9-17(15)21(5-2)20-16/h4,6-9,14,19H,1,5,10-13H2,2-3H3. The van der Waals surface area contributed by atoms with Crippen molar-refractivity contribution in [2.75, 3.05) is 6.54 Å². The van der Waals surface area contributed by atoms with Crippen molar-refractivity contribution in [3.05, 3.63) is 42.6 Å². The summed E-state index contributed by atoms with van der Waals surface area (Å²) >= 11 is 0. The Morgan fingerprint density at radius 2 is 2.19 bits per heavy atom. The van der Waals surface area contributed by atoms with Gasteiger partial charge in [0.25, 0.3) is 0 Å². The van der Waals surface area contributed by atoms with E-state index >= 15 is 0 Å². The first kappa shape index (κ1) is 14.3. The third kappa shape index (κ3) is 3.03. The van der Waals surface area contributed by atoms with E-state index in [1.807, 2.05) is 0 Å². The fraction of sp³-hybridized carbons (Fsp3) is 0.500. The maximum absolute atomic E-state index is 4.82.